The van der Waals surface area contributed by atoms with Gasteiger partial charge >= 0.3 is 0 Å². The van der Waals surface area contributed by atoms with Crippen LogP contribution in [0.2, 0.25) is 0 Å². The fraction of sp³-hybridized carbons (Fsp3) is 0.407. The number of nitrogens with one attached hydrogen (secondary N) is 1. The second-order valence-corrected chi connectivity index (χ2v) is 9.34. The number of nitrogens with zero attached hydrogens (tertiary/aromatic N) is 2. The summed E-state index contributed by atoms with van der Waals surface area (Å²) >= 11 is 0. The topological polar surface area (TPSA) is 72.8 Å². The van der Waals surface area contributed by atoms with Crippen LogP contribution in [-0.4, -0.2) is 41.7 Å². The molecule has 0 radical (unpaired) electrons. The Morgan fingerprint density at radius 1 is 1.09 bits per heavy atom. The molecule has 1 N–H and O–H groups in total. The first kappa shape index (κ1) is 22.3. The Kier molecular flexibility index (Phi) is 5.71. The zero-order chi connectivity index (χ0) is 23.9. The summed E-state index contributed by atoms with van der Waals surface area (Å²) in [7, 11) is 1.62. The molecule has 178 valence electrons. The molecule has 7 nitrogen and oxygen atoms in total. The van der Waals surface area contributed by atoms with E-state index in [0.29, 0.717) is 30.3 Å². The predicted molar refractivity (Wildman–Crippen MR) is 132 cm³/mol. The van der Waals surface area contributed by atoms with Crippen molar-refractivity contribution in [3.63, 3.8) is 0 Å². The number of ether oxygens (including phenoxy) is 2. The lowest BCUT2D eigenvalue weighted by Crippen LogP contribution is -2.65. The molecule has 1 unspecified atom stereocenters. The maximum absolute atomic E-state index is 14.0. The second kappa shape index (κ2) is 8.70. The van der Waals surface area contributed by atoms with E-state index in [4.69, 9.17) is 9.47 Å². The summed E-state index contributed by atoms with van der Waals surface area (Å²) in [5, 5.41) is 4.18. The average Bonchev–Trinajstić information content (AvgIpc) is 3.48. The van der Waals surface area contributed by atoms with Gasteiger partial charge in [0.05, 0.1) is 25.8 Å². The first-order valence-corrected chi connectivity index (χ1v) is 12.0. The Bertz CT molecular complexity index is 1230. The summed E-state index contributed by atoms with van der Waals surface area (Å²) in [6.45, 7) is 4.70. The van der Waals surface area contributed by atoms with E-state index < -0.39 is 5.54 Å². The van der Waals surface area contributed by atoms with Crippen molar-refractivity contribution in [2.45, 2.75) is 57.7 Å². The molecule has 1 aliphatic carbocycles. The van der Waals surface area contributed by atoms with Crippen LogP contribution in [0.15, 0.2) is 48.5 Å². The van der Waals surface area contributed by atoms with Crippen LogP contribution in [0.3, 0.4) is 0 Å². The van der Waals surface area contributed by atoms with E-state index in [0.717, 1.165) is 42.3 Å². The van der Waals surface area contributed by atoms with Crippen LogP contribution in [0, 0.1) is 0 Å². The molecule has 3 aromatic rings. The Morgan fingerprint density at radius 3 is 2.47 bits per heavy atom. The molecule has 1 fully saturated rings. The number of aromatic nitrogens is 1. The first-order valence-electron chi connectivity index (χ1n) is 12.0. The number of carbonyl (C=O) groups excluding carboxylic acids is 2. The van der Waals surface area contributed by atoms with Crippen molar-refractivity contribution >= 4 is 28.4 Å². The van der Waals surface area contributed by atoms with E-state index >= 15 is 0 Å². The first-order chi connectivity index (χ1) is 16.4. The number of hydrogen-bond donors (Lipinski definition) is 1. The van der Waals surface area contributed by atoms with E-state index in [-0.39, 0.29) is 17.9 Å². The van der Waals surface area contributed by atoms with Crippen LogP contribution in [0.4, 0.5) is 5.69 Å². The second-order valence-electron chi connectivity index (χ2n) is 9.34. The number of rotatable bonds is 6. The van der Waals surface area contributed by atoms with Gasteiger partial charge in [-0.3, -0.25) is 14.5 Å². The van der Waals surface area contributed by atoms with Gasteiger partial charge in [-0.25, -0.2) is 0 Å². The lowest BCUT2D eigenvalue weighted by Gasteiger charge is -2.44. The molecule has 1 aromatic heterocycles. The van der Waals surface area contributed by atoms with Gasteiger partial charge in [0, 0.05) is 23.2 Å². The monoisotopic (exact) mass is 461 g/mol. The van der Waals surface area contributed by atoms with Crippen LogP contribution in [0.5, 0.6) is 11.5 Å². The zero-order valence-corrected chi connectivity index (χ0v) is 20.0. The highest BCUT2D eigenvalue weighted by atomic mass is 16.5. The van der Waals surface area contributed by atoms with Gasteiger partial charge in [-0.05, 0) is 69.2 Å². The normalized spacial score (nSPS) is 20.4. The minimum Gasteiger partial charge on any atom is -0.497 e. The lowest BCUT2D eigenvalue weighted by atomic mass is 9.93. The quantitative estimate of drug-likeness (QED) is 0.586. The fourth-order valence-corrected chi connectivity index (χ4v) is 5.27. The predicted octanol–water partition coefficient (Wildman–Crippen LogP) is 4.53. The zero-order valence-electron chi connectivity index (χ0n) is 20.0. The Hall–Kier alpha value is -3.48. The molecule has 7 heteroatoms. The van der Waals surface area contributed by atoms with Crippen molar-refractivity contribution < 1.29 is 19.1 Å². The molecule has 0 spiro atoms. The van der Waals surface area contributed by atoms with Crippen molar-refractivity contribution in [1.29, 1.82) is 0 Å². The third-order valence-corrected chi connectivity index (χ3v) is 7.08. The highest BCUT2D eigenvalue weighted by Crippen LogP contribution is 2.37. The smallest absolute Gasteiger partial charge is 0.275 e. The summed E-state index contributed by atoms with van der Waals surface area (Å²) in [6, 6.07) is 15.2. The van der Waals surface area contributed by atoms with Gasteiger partial charge in [-0.1, -0.05) is 12.8 Å². The molecular formula is C27H31N3O4. The van der Waals surface area contributed by atoms with E-state index in [1.54, 1.807) is 12.0 Å². The van der Waals surface area contributed by atoms with Crippen molar-refractivity contribution in [3.8, 4) is 11.5 Å². The molecule has 2 aromatic carbocycles. The molecule has 1 saturated carbocycles. The van der Waals surface area contributed by atoms with Gasteiger partial charge in [-0.15, -0.1) is 0 Å². The number of carbonyl (C=O) groups is 2. The van der Waals surface area contributed by atoms with E-state index in [1.807, 2.05) is 66.9 Å². The molecule has 0 saturated heterocycles. The molecule has 0 bridgehead atoms. The number of benzene rings is 2. The highest BCUT2D eigenvalue weighted by Gasteiger charge is 2.49. The number of anilines is 1. The van der Waals surface area contributed by atoms with E-state index in [1.165, 1.54) is 0 Å². The Morgan fingerprint density at radius 2 is 1.79 bits per heavy atom. The molecule has 5 rings (SSSR count). The van der Waals surface area contributed by atoms with Gasteiger partial charge in [0.1, 0.15) is 22.7 Å². The third kappa shape index (κ3) is 3.69. The SMILES string of the molecule is CCOc1ccc(N2C(=O)c3cc4ccc(OC)cc4n3CC2(C)C(=O)NC2CCCC2)cc1. The van der Waals surface area contributed by atoms with Crippen molar-refractivity contribution in [1.82, 2.24) is 9.88 Å². The number of fused-ring (bicyclic) bond motifs is 3. The minimum atomic E-state index is -1.10. The van der Waals surface area contributed by atoms with Crippen LogP contribution in [-0.2, 0) is 11.3 Å². The summed E-state index contributed by atoms with van der Waals surface area (Å²) in [5.74, 6) is 1.12. The van der Waals surface area contributed by atoms with Gasteiger partial charge in [0.15, 0.2) is 0 Å². The largest absolute Gasteiger partial charge is 0.497 e. The van der Waals surface area contributed by atoms with Crippen molar-refractivity contribution in [2.24, 2.45) is 0 Å². The summed E-state index contributed by atoms with van der Waals surface area (Å²) in [5.41, 5.74) is 1.01. The summed E-state index contributed by atoms with van der Waals surface area (Å²) in [6.07, 6.45) is 4.20. The van der Waals surface area contributed by atoms with Gasteiger partial charge in [0.2, 0.25) is 5.91 Å². The number of methoxy groups -OCH3 is 1. The van der Waals surface area contributed by atoms with Crippen LogP contribution in [0.25, 0.3) is 10.9 Å². The standard InChI is InChI=1S/C27H31N3O4/c1-4-34-21-13-10-20(11-14-21)30-25(31)24-15-18-9-12-22(33-3)16-23(18)29(24)17-27(30,2)26(32)28-19-7-5-6-8-19/h9-16,19H,4-8,17H2,1-3H3,(H,28,32). The van der Waals surface area contributed by atoms with Crippen LogP contribution in [0.1, 0.15) is 50.0 Å². The number of amides is 2. The lowest BCUT2D eigenvalue weighted by molar-refractivity contribution is -0.127. The van der Waals surface area contributed by atoms with Crippen molar-refractivity contribution in [2.75, 3.05) is 18.6 Å². The Labute approximate surface area is 199 Å². The fourth-order valence-electron chi connectivity index (χ4n) is 5.27. The van der Waals surface area contributed by atoms with Crippen molar-refractivity contribution in [3.05, 3.63) is 54.2 Å². The van der Waals surface area contributed by atoms with Gasteiger partial charge < -0.3 is 19.4 Å². The minimum absolute atomic E-state index is 0.128. The Balaban J connectivity index is 1.61. The van der Waals surface area contributed by atoms with Crippen LogP contribution >= 0.6 is 0 Å². The van der Waals surface area contributed by atoms with Gasteiger partial charge in [-0.2, -0.15) is 0 Å². The molecule has 2 amide bonds. The third-order valence-electron chi connectivity index (χ3n) is 7.08. The highest BCUT2D eigenvalue weighted by molar-refractivity contribution is 6.14. The molecule has 1 aliphatic heterocycles. The molecule has 34 heavy (non-hydrogen) atoms. The average molecular weight is 462 g/mol. The molecule has 1 atom stereocenters. The van der Waals surface area contributed by atoms with Gasteiger partial charge in [0.25, 0.3) is 5.91 Å². The van der Waals surface area contributed by atoms with Crippen LogP contribution < -0.4 is 19.7 Å². The van der Waals surface area contributed by atoms with E-state index in [9.17, 15) is 9.59 Å². The maximum atomic E-state index is 14.0. The van der Waals surface area contributed by atoms with E-state index in [2.05, 4.69) is 5.32 Å². The molecular weight excluding hydrogens is 430 g/mol. The summed E-state index contributed by atoms with van der Waals surface area (Å²) in [4.78, 5) is 29.4. The maximum Gasteiger partial charge on any atom is 0.275 e. The molecule has 2 heterocycles. The molecule has 2 aliphatic rings. The summed E-state index contributed by atoms with van der Waals surface area (Å²) < 4.78 is 13.0. The number of hydrogen-bond acceptors (Lipinski definition) is 4.